The van der Waals surface area contributed by atoms with Gasteiger partial charge in [0.05, 0.1) is 44.7 Å². The Bertz CT molecular complexity index is 4810. The molecule has 0 fully saturated rings. The Morgan fingerprint density at radius 3 is 1.48 bits per heavy atom. The van der Waals surface area contributed by atoms with Gasteiger partial charge < -0.3 is 22.7 Å². The molecule has 14 aromatic rings. The number of rotatable bonds is 12. The number of ether oxygens (including phenoxy) is 1. The van der Waals surface area contributed by atoms with Gasteiger partial charge >= 0.3 is 21.1 Å². The molecule has 416 valence electrons. The van der Waals surface area contributed by atoms with Gasteiger partial charge in [0.1, 0.15) is 16.7 Å². The summed E-state index contributed by atoms with van der Waals surface area (Å²) in [4.78, 5) is 15.9. The molecule has 0 atom stereocenters. The topological polar surface area (TPSA) is 84.0 Å². The monoisotopic (exact) mass is 1280 g/mol. The van der Waals surface area contributed by atoms with Crippen molar-refractivity contribution in [2.24, 2.45) is 0 Å². The van der Waals surface area contributed by atoms with E-state index in [1.807, 2.05) is 44.2 Å². The predicted molar refractivity (Wildman–Crippen MR) is 340 cm³/mol. The summed E-state index contributed by atoms with van der Waals surface area (Å²) < 4.78 is 25.7. The van der Waals surface area contributed by atoms with Crippen molar-refractivity contribution in [3.05, 3.63) is 222 Å². The van der Waals surface area contributed by atoms with Crippen molar-refractivity contribution in [2.45, 2.75) is 92.9 Å². The van der Waals surface area contributed by atoms with Crippen molar-refractivity contribution >= 4 is 65.9 Å². The van der Waals surface area contributed by atoms with Gasteiger partial charge in [0.15, 0.2) is 0 Å². The van der Waals surface area contributed by atoms with Gasteiger partial charge in [-0.3, -0.25) is 15.0 Å². The SMILES string of the molecule is Cc1cc2oc3ccc4oc5c(-c6nc7ccccc7n6-c6c(C(C)C)cc(-c7ccccc7)cc6C(C)C)[c-]c(Oc6[c-]c(-c7nc8ccccc8n7-c7c(C(C)C)cc(-c8ccccc8)cc7C(C)C)ccc6)cc5c4c3c2c(C)n1.[Pt+2]. The maximum atomic E-state index is 7.20. The maximum Gasteiger partial charge on any atom is 2.00 e. The van der Waals surface area contributed by atoms with Crippen LogP contribution in [0.1, 0.15) is 113 Å². The van der Waals surface area contributed by atoms with E-state index in [9.17, 15) is 0 Å². The van der Waals surface area contributed by atoms with Crippen molar-refractivity contribution < 1.29 is 34.6 Å². The number of benzene rings is 9. The Morgan fingerprint density at radius 2 is 0.929 bits per heavy atom. The summed E-state index contributed by atoms with van der Waals surface area (Å²) >= 11 is 0. The zero-order valence-electron chi connectivity index (χ0n) is 48.8. The van der Waals surface area contributed by atoms with Crippen LogP contribution in [0.2, 0.25) is 0 Å². The summed E-state index contributed by atoms with van der Waals surface area (Å²) in [5.41, 5.74) is 21.7. The molecule has 0 saturated heterocycles. The predicted octanol–water partition coefficient (Wildman–Crippen LogP) is 20.7. The molecule has 0 bridgehead atoms. The van der Waals surface area contributed by atoms with Crippen LogP contribution in [0.25, 0.3) is 122 Å². The van der Waals surface area contributed by atoms with Crippen LogP contribution in [0.15, 0.2) is 185 Å². The summed E-state index contributed by atoms with van der Waals surface area (Å²) in [5.74, 6) is 3.17. The number of nitrogens with zero attached hydrogens (tertiary/aromatic N) is 5. The Kier molecular flexibility index (Phi) is 13.9. The van der Waals surface area contributed by atoms with Crippen molar-refractivity contribution in [2.75, 3.05) is 0 Å². The van der Waals surface area contributed by atoms with Gasteiger partial charge in [-0.2, -0.15) is 0 Å². The fraction of sp³-hybridized carbons (Fsp3) is 0.187. The van der Waals surface area contributed by atoms with Crippen LogP contribution in [0.3, 0.4) is 0 Å². The zero-order valence-corrected chi connectivity index (χ0v) is 51.1. The third kappa shape index (κ3) is 9.14. The van der Waals surface area contributed by atoms with Crippen LogP contribution < -0.4 is 4.74 Å². The molecule has 9 heteroatoms. The number of imidazole rings is 2. The molecular weight excluding hydrogens is 1210 g/mol. The van der Waals surface area contributed by atoms with Crippen LogP contribution in [0.5, 0.6) is 11.5 Å². The Balaban J connectivity index is 0.00000658. The van der Waals surface area contributed by atoms with E-state index >= 15 is 0 Å². The Morgan fingerprint density at radius 1 is 0.429 bits per heavy atom. The molecule has 8 nitrogen and oxygen atoms in total. The normalized spacial score (nSPS) is 12.0. The van der Waals surface area contributed by atoms with Crippen LogP contribution >= 0.6 is 0 Å². The summed E-state index contributed by atoms with van der Waals surface area (Å²) in [6.45, 7) is 22.3. The molecule has 84 heavy (non-hydrogen) atoms. The van der Waals surface area contributed by atoms with Crippen molar-refractivity contribution in [1.82, 2.24) is 24.1 Å². The van der Waals surface area contributed by atoms with E-state index in [2.05, 4.69) is 222 Å². The van der Waals surface area contributed by atoms with E-state index in [1.165, 1.54) is 44.5 Å². The second kappa shape index (κ2) is 21.4. The molecule has 0 amide bonds. The largest absolute Gasteiger partial charge is 2.00 e. The van der Waals surface area contributed by atoms with Gasteiger partial charge in [-0.25, -0.2) is 0 Å². The molecule has 0 unspecified atom stereocenters. The van der Waals surface area contributed by atoms with E-state index < -0.39 is 0 Å². The van der Waals surface area contributed by atoms with Gasteiger partial charge in [0.25, 0.3) is 0 Å². The third-order valence-corrected chi connectivity index (χ3v) is 16.4. The third-order valence-electron chi connectivity index (χ3n) is 16.4. The molecule has 9 aromatic carbocycles. The second-order valence-electron chi connectivity index (χ2n) is 23.4. The van der Waals surface area contributed by atoms with Crippen molar-refractivity contribution in [3.63, 3.8) is 0 Å². The quantitative estimate of drug-likeness (QED) is 0.113. The standard InChI is InChI=1S/C75H63N5O3.Pt/c1-42(2)55-36-51(48-22-13-11-14-23-48)37-56(43(3)4)71(55)79-63-30-19-17-28-61(63)77-74(79)50-26-21-27-53(35-50)81-54-40-59-69-65(32-33-66-70(69)68-47(10)76-46(9)34-67(68)82-66)83-73(59)60(41-54)75-78-62-29-18-20-31-64(62)80(75)72-57(44(5)6)38-52(39-58(72)45(7)8)49-24-15-12-16-25-49;/h11-34,36-40,42-45H,1-10H3;/q-2;+2. The van der Waals surface area contributed by atoms with Crippen molar-refractivity contribution in [3.8, 4) is 67.9 Å². The van der Waals surface area contributed by atoms with E-state index in [-0.39, 0.29) is 44.7 Å². The molecule has 0 aliphatic rings. The van der Waals surface area contributed by atoms with Crippen LogP contribution in [-0.4, -0.2) is 24.1 Å². The molecule has 5 aromatic heterocycles. The smallest absolute Gasteiger partial charge is 0.501 e. The minimum Gasteiger partial charge on any atom is -0.501 e. The molecule has 0 N–H and O–H groups in total. The first-order valence-corrected chi connectivity index (χ1v) is 29.0. The van der Waals surface area contributed by atoms with Gasteiger partial charge in [0.2, 0.25) is 0 Å². The minimum absolute atomic E-state index is 0. The Labute approximate surface area is 504 Å². The maximum absolute atomic E-state index is 7.20. The van der Waals surface area contributed by atoms with Gasteiger partial charge in [-0.05, 0) is 143 Å². The number of aromatic nitrogens is 5. The number of hydrogen-bond acceptors (Lipinski definition) is 6. The van der Waals surface area contributed by atoms with Crippen LogP contribution in [0.4, 0.5) is 0 Å². The van der Waals surface area contributed by atoms with Crippen molar-refractivity contribution in [1.29, 1.82) is 0 Å². The van der Waals surface area contributed by atoms with Crippen LogP contribution in [-0.2, 0) is 21.1 Å². The summed E-state index contributed by atoms with van der Waals surface area (Å²) in [6.07, 6.45) is 0. The molecule has 0 aliphatic carbocycles. The number of para-hydroxylation sites is 4. The minimum atomic E-state index is 0. The first-order chi connectivity index (χ1) is 40.3. The average molecular weight is 1280 g/mol. The fourth-order valence-electron chi connectivity index (χ4n) is 12.5. The second-order valence-corrected chi connectivity index (χ2v) is 23.4. The van der Waals surface area contributed by atoms with Crippen LogP contribution in [0, 0.1) is 26.0 Å². The van der Waals surface area contributed by atoms with Gasteiger partial charge in [-0.15, -0.1) is 23.8 Å². The molecule has 0 radical (unpaired) electrons. The molecule has 0 aliphatic heterocycles. The zero-order chi connectivity index (χ0) is 56.9. The summed E-state index contributed by atoms with van der Waals surface area (Å²) in [7, 11) is 0. The number of hydrogen-bond donors (Lipinski definition) is 0. The number of fused-ring (bicyclic) bond motifs is 9. The number of pyridine rings is 1. The first-order valence-electron chi connectivity index (χ1n) is 29.0. The van der Waals surface area contributed by atoms with E-state index in [0.29, 0.717) is 34.1 Å². The van der Waals surface area contributed by atoms with Gasteiger partial charge in [0, 0.05) is 51.1 Å². The molecule has 0 spiro atoms. The molecule has 14 rings (SSSR count). The molecule has 5 heterocycles. The Hall–Kier alpha value is -8.84. The summed E-state index contributed by atoms with van der Waals surface area (Å²) in [6, 6.07) is 69.3. The average Bonchev–Trinajstić information content (AvgIpc) is 1.99. The van der Waals surface area contributed by atoms with Gasteiger partial charge in [-0.1, -0.05) is 169 Å². The fourth-order valence-corrected chi connectivity index (χ4v) is 12.5. The summed E-state index contributed by atoms with van der Waals surface area (Å²) in [5, 5.41) is 3.62. The molecular formula is C75H63N5O3Pt. The van der Waals surface area contributed by atoms with E-state index in [4.69, 9.17) is 28.5 Å². The number of furan rings is 2. The first kappa shape index (κ1) is 54.4. The van der Waals surface area contributed by atoms with E-state index in [0.717, 1.165) is 88.9 Å². The number of aryl methyl sites for hydroxylation is 2. The van der Waals surface area contributed by atoms with E-state index in [1.54, 1.807) is 0 Å². The molecule has 0 saturated carbocycles.